The number of hydrogen-bond acceptors (Lipinski definition) is 4. The van der Waals surface area contributed by atoms with E-state index in [1.54, 1.807) is 4.80 Å². The Morgan fingerprint density at radius 1 is 0.390 bits per heavy atom. The summed E-state index contributed by atoms with van der Waals surface area (Å²) >= 11 is 0. The summed E-state index contributed by atoms with van der Waals surface area (Å²) in [6.07, 6.45) is 0. The van der Waals surface area contributed by atoms with E-state index in [1.165, 1.54) is 5.56 Å². The van der Waals surface area contributed by atoms with Gasteiger partial charge in [-0.2, -0.15) is 4.80 Å². The molecule has 0 unspecified atom stereocenters. The fourth-order valence-electron chi connectivity index (χ4n) is 5.46. The molecule has 0 radical (unpaired) electrons. The van der Waals surface area contributed by atoms with Crippen LogP contribution >= 0.6 is 0 Å². The van der Waals surface area contributed by atoms with E-state index in [9.17, 15) is 0 Å². The molecule has 0 spiro atoms. The number of rotatable bonds is 4. The van der Waals surface area contributed by atoms with Crippen LogP contribution in [0.2, 0.25) is 0 Å². The van der Waals surface area contributed by atoms with Gasteiger partial charge in [0.2, 0.25) is 0 Å². The van der Waals surface area contributed by atoms with Crippen molar-refractivity contribution in [3.05, 3.63) is 140 Å². The Hall–Kier alpha value is -5.68. The zero-order valence-electron chi connectivity index (χ0n) is 22.0. The molecule has 0 bridgehead atoms. The Labute approximate surface area is 236 Å². The average molecular weight is 526 g/mol. The molecule has 8 aromatic rings. The van der Waals surface area contributed by atoms with Gasteiger partial charge in [-0.3, -0.25) is 0 Å². The maximum atomic E-state index is 5.21. The van der Waals surface area contributed by atoms with Gasteiger partial charge in [0.1, 0.15) is 11.0 Å². The average Bonchev–Trinajstić information content (AvgIpc) is 3.50. The summed E-state index contributed by atoms with van der Waals surface area (Å²) in [5.74, 6) is 0. The van der Waals surface area contributed by atoms with E-state index in [4.69, 9.17) is 20.2 Å². The molecule has 3 aromatic heterocycles. The van der Waals surface area contributed by atoms with Crippen molar-refractivity contribution in [1.29, 1.82) is 0 Å². The molecule has 192 valence electrons. The second kappa shape index (κ2) is 9.50. The minimum atomic E-state index is 0.814. The summed E-state index contributed by atoms with van der Waals surface area (Å²) in [5.41, 5.74) is 10.4. The SMILES string of the molecule is c1ccc(-c2ccccc2-c2ccc3ccc4ccc(-c5cccc6nn(-c7ccccc7)nc56)nc4c3n2)cc1. The monoisotopic (exact) mass is 525 g/mol. The first kappa shape index (κ1) is 23.2. The number of fused-ring (bicyclic) bond motifs is 4. The van der Waals surface area contributed by atoms with Gasteiger partial charge in [-0.1, -0.05) is 109 Å². The third-order valence-electron chi connectivity index (χ3n) is 7.48. The van der Waals surface area contributed by atoms with Gasteiger partial charge in [0.25, 0.3) is 0 Å². The van der Waals surface area contributed by atoms with E-state index >= 15 is 0 Å². The highest BCUT2D eigenvalue weighted by molar-refractivity contribution is 6.05. The van der Waals surface area contributed by atoms with Crippen LogP contribution in [0.3, 0.4) is 0 Å². The van der Waals surface area contributed by atoms with Gasteiger partial charge >= 0.3 is 0 Å². The van der Waals surface area contributed by atoms with E-state index in [2.05, 4.69) is 91.0 Å². The van der Waals surface area contributed by atoms with Crippen molar-refractivity contribution in [2.45, 2.75) is 0 Å². The highest BCUT2D eigenvalue weighted by atomic mass is 15.5. The van der Waals surface area contributed by atoms with Crippen molar-refractivity contribution in [3.8, 4) is 39.3 Å². The van der Waals surface area contributed by atoms with Crippen LogP contribution in [0.1, 0.15) is 0 Å². The minimum absolute atomic E-state index is 0.814. The fraction of sp³-hybridized carbons (Fsp3) is 0. The molecule has 3 heterocycles. The summed E-state index contributed by atoms with van der Waals surface area (Å²) in [4.78, 5) is 12.1. The molecule has 5 nitrogen and oxygen atoms in total. The first-order valence-corrected chi connectivity index (χ1v) is 13.6. The molecule has 0 saturated heterocycles. The van der Waals surface area contributed by atoms with Gasteiger partial charge in [0.05, 0.1) is 28.1 Å². The lowest BCUT2D eigenvalue weighted by molar-refractivity contribution is 0.766. The lowest BCUT2D eigenvalue weighted by atomic mass is 9.97. The number of nitrogens with zero attached hydrogens (tertiary/aromatic N) is 5. The van der Waals surface area contributed by atoms with E-state index < -0.39 is 0 Å². The number of aromatic nitrogens is 5. The van der Waals surface area contributed by atoms with Crippen LogP contribution in [0.25, 0.3) is 72.2 Å². The summed E-state index contributed by atoms with van der Waals surface area (Å²) in [6.45, 7) is 0. The van der Waals surface area contributed by atoms with Gasteiger partial charge in [-0.25, -0.2) is 9.97 Å². The van der Waals surface area contributed by atoms with Gasteiger partial charge in [0, 0.05) is 21.9 Å². The summed E-state index contributed by atoms with van der Waals surface area (Å²) in [7, 11) is 0. The Balaban J connectivity index is 1.30. The number of para-hydroxylation sites is 1. The van der Waals surface area contributed by atoms with Crippen molar-refractivity contribution < 1.29 is 0 Å². The zero-order chi connectivity index (χ0) is 27.2. The molecule has 5 heteroatoms. The number of hydrogen-bond donors (Lipinski definition) is 0. The smallest absolute Gasteiger partial charge is 0.123 e. The lowest BCUT2D eigenvalue weighted by Crippen LogP contribution is -1.97. The van der Waals surface area contributed by atoms with Crippen molar-refractivity contribution in [1.82, 2.24) is 25.0 Å². The molecule has 0 amide bonds. The van der Waals surface area contributed by atoms with Crippen LogP contribution < -0.4 is 0 Å². The van der Waals surface area contributed by atoms with E-state index in [0.717, 1.165) is 66.6 Å². The Morgan fingerprint density at radius 2 is 0.951 bits per heavy atom. The second-order valence-corrected chi connectivity index (χ2v) is 10.0. The molecule has 0 N–H and O–H groups in total. The Kier molecular flexibility index (Phi) is 5.38. The third-order valence-corrected chi connectivity index (χ3v) is 7.48. The van der Waals surface area contributed by atoms with Gasteiger partial charge < -0.3 is 0 Å². The van der Waals surface area contributed by atoms with Crippen molar-refractivity contribution in [2.75, 3.05) is 0 Å². The van der Waals surface area contributed by atoms with E-state index in [1.807, 2.05) is 48.5 Å². The summed E-state index contributed by atoms with van der Waals surface area (Å²) in [5, 5.41) is 11.7. The van der Waals surface area contributed by atoms with E-state index in [-0.39, 0.29) is 0 Å². The topological polar surface area (TPSA) is 56.5 Å². The minimum Gasteiger partial charge on any atom is -0.245 e. The maximum absolute atomic E-state index is 5.21. The van der Waals surface area contributed by atoms with Gasteiger partial charge in [-0.05, 0) is 41.5 Å². The first-order valence-electron chi connectivity index (χ1n) is 13.6. The van der Waals surface area contributed by atoms with Crippen LogP contribution in [0.15, 0.2) is 140 Å². The van der Waals surface area contributed by atoms with Crippen LogP contribution in [0.4, 0.5) is 0 Å². The first-order chi connectivity index (χ1) is 20.3. The second-order valence-electron chi connectivity index (χ2n) is 10.0. The highest BCUT2D eigenvalue weighted by Crippen LogP contribution is 2.34. The van der Waals surface area contributed by atoms with Crippen molar-refractivity contribution in [2.24, 2.45) is 0 Å². The number of benzene rings is 5. The molecule has 5 aromatic carbocycles. The predicted octanol–water partition coefficient (Wildman–Crippen LogP) is 8.52. The molecule has 8 rings (SSSR count). The lowest BCUT2D eigenvalue weighted by Gasteiger charge is -2.11. The van der Waals surface area contributed by atoms with Crippen LogP contribution in [0, 0.1) is 0 Å². The normalized spacial score (nSPS) is 11.4. The highest BCUT2D eigenvalue weighted by Gasteiger charge is 2.15. The molecular weight excluding hydrogens is 502 g/mol. The molecule has 0 aliphatic rings. The predicted molar refractivity (Wildman–Crippen MR) is 166 cm³/mol. The Bertz CT molecular complexity index is 2200. The van der Waals surface area contributed by atoms with Crippen molar-refractivity contribution >= 4 is 32.8 Å². The van der Waals surface area contributed by atoms with Gasteiger partial charge in [0.15, 0.2) is 0 Å². The van der Waals surface area contributed by atoms with Crippen molar-refractivity contribution in [3.63, 3.8) is 0 Å². The quantitative estimate of drug-likeness (QED) is 0.216. The molecule has 0 aliphatic carbocycles. The molecule has 0 atom stereocenters. The summed E-state index contributed by atoms with van der Waals surface area (Å²) in [6, 6.07) is 47.5. The standard InChI is InChI=1S/C36H23N5/c1-3-10-24(11-4-1)28-14-7-8-15-29(28)31-22-20-25-18-19-26-21-23-32(38-35(26)34(25)37-31)30-16-9-17-33-36(30)40-41(39-33)27-12-5-2-6-13-27/h1-23H. The summed E-state index contributed by atoms with van der Waals surface area (Å²) < 4.78 is 0. The number of pyridine rings is 2. The van der Waals surface area contributed by atoms with Crippen LogP contribution in [-0.4, -0.2) is 25.0 Å². The molecule has 0 fully saturated rings. The molecule has 41 heavy (non-hydrogen) atoms. The van der Waals surface area contributed by atoms with Crippen LogP contribution in [-0.2, 0) is 0 Å². The van der Waals surface area contributed by atoms with Crippen LogP contribution in [0.5, 0.6) is 0 Å². The third kappa shape index (κ3) is 4.03. The molecule has 0 saturated carbocycles. The Morgan fingerprint density at radius 3 is 1.66 bits per heavy atom. The zero-order valence-corrected chi connectivity index (χ0v) is 22.0. The van der Waals surface area contributed by atoms with E-state index in [0.29, 0.717) is 0 Å². The molecular formula is C36H23N5. The fourth-order valence-corrected chi connectivity index (χ4v) is 5.46. The molecule has 0 aliphatic heterocycles. The maximum Gasteiger partial charge on any atom is 0.123 e. The van der Waals surface area contributed by atoms with Gasteiger partial charge in [-0.15, -0.1) is 10.2 Å². The largest absolute Gasteiger partial charge is 0.245 e.